The maximum Gasteiger partial charge on any atom is 0.252 e. The molecule has 3 heterocycles. The van der Waals surface area contributed by atoms with Gasteiger partial charge in [0.15, 0.2) is 5.65 Å². The second kappa shape index (κ2) is 10.9. The molecule has 1 aliphatic rings. The zero-order valence-electron chi connectivity index (χ0n) is 22.8. The van der Waals surface area contributed by atoms with Gasteiger partial charge in [-0.25, -0.2) is 19.0 Å². The Morgan fingerprint density at radius 1 is 1.12 bits per heavy atom. The maximum absolute atomic E-state index is 14.2. The van der Waals surface area contributed by atoms with Gasteiger partial charge in [0.05, 0.1) is 24.1 Å². The lowest BCUT2D eigenvalue weighted by atomic mass is 9.99. The fourth-order valence-corrected chi connectivity index (χ4v) is 5.60. The molecule has 5 aromatic rings. The van der Waals surface area contributed by atoms with Crippen LogP contribution in [0.15, 0.2) is 67.0 Å². The average Bonchev–Trinajstić information content (AvgIpc) is 3.64. The molecule has 4 N–H and O–H groups in total. The molecule has 2 aromatic heterocycles. The first-order valence-corrected chi connectivity index (χ1v) is 13.4. The number of primary amides is 1. The lowest BCUT2D eigenvalue weighted by Crippen LogP contribution is -2.21. The van der Waals surface area contributed by atoms with Gasteiger partial charge < -0.3 is 21.1 Å². The Hall–Kier alpha value is -5.32. The molecule has 3 aromatic carbocycles. The number of rotatable bonds is 8. The third-order valence-corrected chi connectivity index (χ3v) is 7.64. The first-order chi connectivity index (χ1) is 20.4. The number of aromatic nitrogens is 4. The maximum atomic E-state index is 14.2. The number of fused-ring (bicyclic) bond motifs is 1. The van der Waals surface area contributed by atoms with Gasteiger partial charge in [-0.15, -0.1) is 0 Å². The van der Waals surface area contributed by atoms with Crippen molar-refractivity contribution in [3.63, 3.8) is 0 Å². The minimum absolute atomic E-state index is 0.0000569. The van der Waals surface area contributed by atoms with Crippen molar-refractivity contribution in [3.8, 4) is 17.0 Å². The van der Waals surface area contributed by atoms with Crippen LogP contribution in [0.1, 0.15) is 44.3 Å². The van der Waals surface area contributed by atoms with Crippen LogP contribution in [0.4, 0.5) is 15.9 Å². The van der Waals surface area contributed by atoms with E-state index < -0.39 is 11.7 Å². The highest BCUT2D eigenvalue weighted by Crippen LogP contribution is 2.35. The average molecular weight is 566 g/mol. The lowest BCUT2D eigenvalue weighted by Gasteiger charge is -2.19. The Balaban J connectivity index is 1.30. The topological polar surface area (TPSA) is 142 Å². The Bertz CT molecular complexity index is 1800. The molecule has 0 spiro atoms. The van der Waals surface area contributed by atoms with Crippen LogP contribution in [0, 0.1) is 5.82 Å². The number of ether oxygens (including phenoxy) is 1. The van der Waals surface area contributed by atoms with E-state index in [1.54, 1.807) is 0 Å². The summed E-state index contributed by atoms with van der Waals surface area (Å²) >= 11 is 0. The molecule has 0 bridgehead atoms. The third kappa shape index (κ3) is 4.89. The number of carbonyl (C=O) groups is 2. The van der Waals surface area contributed by atoms with E-state index in [-0.39, 0.29) is 17.4 Å². The molecule has 1 saturated heterocycles. The van der Waals surface area contributed by atoms with E-state index >= 15 is 0 Å². The summed E-state index contributed by atoms with van der Waals surface area (Å²) in [6.07, 6.45) is 3.47. The number of carbonyl (C=O) groups excluding carboxylic acids is 2. The molecule has 1 aliphatic heterocycles. The van der Waals surface area contributed by atoms with Crippen LogP contribution in [0.3, 0.4) is 0 Å². The number of nitrogen functional groups attached to an aromatic ring is 1. The predicted octanol–water partition coefficient (Wildman–Crippen LogP) is 4.18. The molecule has 0 saturated carbocycles. The summed E-state index contributed by atoms with van der Waals surface area (Å²) < 4.78 is 21.6. The highest BCUT2D eigenvalue weighted by Gasteiger charge is 2.29. The van der Waals surface area contributed by atoms with Gasteiger partial charge >= 0.3 is 0 Å². The zero-order chi connectivity index (χ0) is 29.4. The van der Waals surface area contributed by atoms with E-state index in [0.29, 0.717) is 40.1 Å². The number of nitrogens with zero attached hydrogens (tertiary/aromatic N) is 5. The molecule has 0 radical (unpaired) electrons. The molecule has 1 fully saturated rings. The Labute approximate surface area is 240 Å². The van der Waals surface area contributed by atoms with Crippen LogP contribution in [0.2, 0.25) is 0 Å². The SMILES string of the molecule is COc1c(Cc2ccc(-c3nn(C4CCN(c5ccc(C=O)cc5)C4)c4ncnc(N)c34)cc2)cc(F)cc1C(N)=O. The van der Waals surface area contributed by atoms with Crippen LogP contribution < -0.4 is 21.1 Å². The first kappa shape index (κ1) is 26.9. The standard InChI is InChI=1S/C31H28FN7O3/c1-42-28-21(13-22(32)14-25(28)30(34)41)12-18-2-6-20(7-3-18)27-26-29(33)35-17-36-31(26)39(37-27)24-10-11-38(15-24)23-8-4-19(16-40)5-9-23/h2-9,13-14,16-17,24H,10-12,15H2,1H3,(H2,34,41)(H2,33,35,36). The fraction of sp³-hybridized carbons (Fsp3) is 0.194. The van der Waals surface area contributed by atoms with Crippen LogP contribution in [0.5, 0.6) is 5.75 Å². The van der Waals surface area contributed by atoms with E-state index in [1.807, 2.05) is 53.2 Å². The van der Waals surface area contributed by atoms with Gasteiger partial charge in [-0.2, -0.15) is 5.10 Å². The highest BCUT2D eigenvalue weighted by atomic mass is 19.1. The Kier molecular flexibility index (Phi) is 6.99. The molecule has 0 aliphatic carbocycles. The number of nitrogens with two attached hydrogens (primary N) is 2. The number of amides is 1. The number of aldehydes is 1. The Morgan fingerprint density at radius 2 is 1.88 bits per heavy atom. The second-order valence-corrected chi connectivity index (χ2v) is 10.2. The van der Waals surface area contributed by atoms with Gasteiger partial charge in [0.1, 0.15) is 35.7 Å². The summed E-state index contributed by atoms with van der Waals surface area (Å²) in [6, 6.07) is 17.7. The summed E-state index contributed by atoms with van der Waals surface area (Å²) in [6.45, 7) is 1.56. The molecule has 1 atom stereocenters. The molecule has 212 valence electrons. The Morgan fingerprint density at radius 3 is 2.57 bits per heavy atom. The van der Waals surface area contributed by atoms with Crippen LogP contribution in [-0.4, -0.2) is 52.1 Å². The predicted molar refractivity (Wildman–Crippen MR) is 157 cm³/mol. The number of methoxy groups -OCH3 is 1. The van der Waals surface area contributed by atoms with E-state index in [0.717, 1.165) is 48.7 Å². The molecule has 1 amide bonds. The minimum Gasteiger partial charge on any atom is -0.496 e. The number of benzene rings is 3. The van der Waals surface area contributed by atoms with E-state index in [9.17, 15) is 14.0 Å². The summed E-state index contributed by atoms with van der Waals surface area (Å²) in [7, 11) is 1.42. The molecular weight excluding hydrogens is 537 g/mol. The molecule has 1 unspecified atom stereocenters. The zero-order valence-corrected chi connectivity index (χ0v) is 22.8. The summed E-state index contributed by atoms with van der Waals surface area (Å²) in [4.78, 5) is 33.9. The van der Waals surface area contributed by atoms with Crippen LogP contribution in [0.25, 0.3) is 22.3 Å². The monoisotopic (exact) mass is 565 g/mol. The summed E-state index contributed by atoms with van der Waals surface area (Å²) in [5.41, 5.74) is 17.0. The van der Waals surface area contributed by atoms with Gasteiger partial charge in [-0.3, -0.25) is 9.59 Å². The van der Waals surface area contributed by atoms with Gasteiger partial charge in [0.25, 0.3) is 5.91 Å². The minimum atomic E-state index is -0.758. The number of anilines is 2. The summed E-state index contributed by atoms with van der Waals surface area (Å²) in [5, 5.41) is 5.66. The molecule has 11 heteroatoms. The van der Waals surface area contributed by atoms with Crippen molar-refractivity contribution >= 4 is 34.7 Å². The largest absolute Gasteiger partial charge is 0.496 e. The van der Waals surface area contributed by atoms with Gasteiger partial charge in [0.2, 0.25) is 0 Å². The fourth-order valence-electron chi connectivity index (χ4n) is 5.60. The molecular formula is C31H28FN7O3. The summed E-state index contributed by atoms with van der Waals surface area (Å²) in [5.74, 6) is -0.723. The molecule has 42 heavy (non-hydrogen) atoms. The number of hydrogen-bond acceptors (Lipinski definition) is 8. The van der Waals surface area contributed by atoms with Crippen molar-refractivity contribution in [2.75, 3.05) is 30.8 Å². The van der Waals surface area contributed by atoms with Crippen LogP contribution >= 0.6 is 0 Å². The van der Waals surface area contributed by atoms with E-state index in [1.165, 1.54) is 19.5 Å². The van der Waals surface area contributed by atoms with Crippen molar-refractivity contribution < 1.29 is 18.7 Å². The third-order valence-electron chi connectivity index (χ3n) is 7.64. The van der Waals surface area contributed by atoms with Gasteiger partial charge in [-0.1, -0.05) is 24.3 Å². The van der Waals surface area contributed by atoms with Crippen molar-refractivity contribution in [2.45, 2.75) is 18.9 Å². The van der Waals surface area contributed by atoms with Gasteiger partial charge in [-0.05, 0) is 48.4 Å². The number of hydrogen-bond donors (Lipinski definition) is 2. The van der Waals surface area contributed by atoms with Crippen LogP contribution in [-0.2, 0) is 6.42 Å². The smallest absolute Gasteiger partial charge is 0.252 e. The van der Waals surface area contributed by atoms with Crippen molar-refractivity contribution in [1.29, 1.82) is 0 Å². The van der Waals surface area contributed by atoms with Gasteiger partial charge in [0, 0.05) is 41.9 Å². The van der Waals surface area contributed by atoms with E-state index in [4.69, 9.17) is 21.3 Å². The lowest BCUT2D eigenvalue weighted by molar-refractivity contribution is 0.0996. The molecule has 10 nitrogen and oxygen atoms in total. The quantitative estimate of drug-likeness (QED) is 0.267. The number of halogens is 1. The van der Waals surface area contributed by atoms with Crippen molar-refractivity contribution in [2.24, 2.45) is 5.73 Å². The van der Waals surface area contributed by atoms with E-state index in [2.05, 4.69) is 14.9 Å². The second-order valence-electron chi connectivity index (χ2n) is 10.2. The normalized spacial score (nSPS) is 14.8. The van der Waals surface area contributed by atoms with Crippen molar-refractivity contribution in [3.05, 3.63) is 95.1 Å². The van der Waals surface area contributed by atoms with Crippen molar-refractivity contribution in [1.82, 2.24) is 19.7 Å². The highest BCUT2D eigenvalue weighted by molar-refractivity contribution is 5.98. The molecule has 6 rings (SSSR count). The first-order valence-electron chi connectivity index (χ1n) is 13.4.